The molecule has 9 nitrogen and oxygen atoms in total. The number of nitrogens with one attached hydrogen (secondary N) is 1. The normalized spacial score (nSPS) is 11.6. The zero-order chi connectivity index (χ0) is 22.2. The zero-order valence-electron chi connectivity index (χ0n) is 17.1. The molecule has 10 heteroatoms. The number of esters is 1. The number of aromatic nitrogens is 4. The van der Waals surface area contributed by atoms with Crippen molar-refractivity contribution in [2.75, 3.05) is 13.7 Å². The van der Waals surface area contributed by atoms with Crippen LogP contribution in [0.3, 0.4) is 0 Å². The second kappa shape index (κ2) is 10.5. The molecule has 0 saturated heterocycles. The Bertz CT molecular complexity index is 1040. The van der Waals surface area contributed by atoms with Crippen molar-refractivity contribution in [3.63, 3.8) is 0 Å². The summed E-state index contributed by atoms with van der Waals surface area (Å²) in [6.45, 7) is 1.81. The van der Waals surface area contributed by atoms with E-state index >= 15 is 0 Å². The molecule has 162 valence electrons. The van der Waals surface area contributed by atoms with Gasteiger partial charge in [0.15, 0.2) is 0 Å². The minimum absolute atomic E-state index is 0.0123. The SMILES string of the molecule is CCOC(=O)C[C@@H](NC(=O)Cn1nnc(-c2ccccc2Cl)n1)c1ccc(OC)cc1. The van der Waals surface area contributed by atoms with E-state index in [2.05, 4.69) is 20.7 Å². The first-order chi connectivity index (χ1) is 15.0. The van der Waals surface area contributed by atoms with Crippen molar-refractivity contribution >= 4 is 23.5 Å². The van der Waals surface area contributed by atoms with Gasteiger partial charge in [-0.1, -0.05) is 35.9 Å². The van der Waals surface area contributed by atoms with Crippen LogP contribution in [0.2, 0.25) is 5.02 Å². The van der Waals surface area contributed by atoms with Crippen LogP contribution in [0, 0.1) is 0 Å². The number of ether oxygens (including phenoxy) is 2. The highest BCUT2D eigenvalue weighted by Crippen LogP contribution is 2.24. The summed E-state index contributed by atoms with van der Waals surface area (Å²) in [5, 5.41) is 15.4. The summed E-state index contributed by atoms with van der Waals surface area (Å²) in [5.41, 5.74) is 1.36. The number of amides is 1. The minimum Gasteiger partial charge on any atom is -0.497 e. The number of benzene rings is 2. The Morgan fingerprint density at radius 3 is 2.58 bits per heavy atom. The van der Waals surface area contributed by atoms with Crippen LogP contribution in [0.4, 0.5) is 0 Å². The van der Waals surface area contributed by atoms with Crippen molar-refractivity contribution in [2.24, 2.45) is 0 Å². The van der Waals surface area contributed by atoms with Crippen molar-refractivity contribution in [2.45, 2.75) is 25.9 Å². The zero-order valence-corrected chi connectivity index (χ0v) is 17.9. The number of hydrogen-bond donors (Lipinski definition) is 1. The van der Waals surface area contributed by atoms with Gasteiger partial charge in [0.25, 0.3) is 0 Å². The van der Waals surface area contributed by atoms with Gasteiger partial charge in [-0.2, -0.15) is 4.80 Å². The Morgan fingerprint density at radius 2 is 1.90 bits per heavy atom. The van der Waals surface area contributed by atoms with Gasteiger partial charge in [-0.25, -0.2) is 0 Å². The largest absolute Gasteiger partial charge is 0.497 e. The van der Waals surface area contributed by atoms with Gasteiger partial charge in [-0.15, -0.1) is 10.2 Å². The lowest BCUT2D eigenvalue weighted by molar-refractivity contribution is -0.143. The molecule has 0 aliphatic rings. The molecule has 0 bridgehead atoms. The third kappa shape index (κ3) is 6.02. The maximum atomic E-state index is 12.6. The van der Waals surface area contributed by atoms with Crippen molar-refractivity contribution < 1.29 is 19.1 Å². The average Bonchev–Trinajstić information content (AvgIpc) is 3.22. The number of nitrogens with zero attached hydrogens (tertiary/aromatic N) is 4. The van der Waals surface area contributed by atoms with Crippen LogP contribution in [-0.4, -0.2) is 45.8 Å². The van der Waals surface area contributed by atoms with E-state index in [1.807, 2.05) is 6.07 Å². The molecule has 1 heterocycles. The monoisotopic (exact) mass is 443 g/mol. The van der Waals surface area contributed by atoms with E-state index in [1.165, 1.54) is 4.80 Å². The third-order valence-corrected chi connectivity index (χ3v) is 4.71. The van der Waals surface area contributed by atoms with Crippen LogP contribution >= 0.6 is 11.6 Å². The second-order valence-corrected chi connectivity index (χ2v) is 6.93. The summed E-state index contributed by atoms with van der Waals surface area (Å²) in [4.78, 5) is 25.8. The fourth-order valence-electron chi connectivity index (χ4n) is 2.90. The Balaban J connectivity index is 1.71. The van der Waals surface area contributed by atoms with Crippen LogP contribution in [0.5, 0.6) is 5.75 Å². The first kappa shape index (κ1) is 22.2. The second-order valence-electron chi connectivity index (χ2n) is 6.53. The van der Waals surface area contributed by atoms with Crippen molar-refractivity contribution in [3.05, 3.63) is 59.1 Å². The van der Waals surface area contributed by atoms with Crippen LogP contribution in [-0.2, 0) is 20.9 Å². The van der Waals surface area contributed by atoms with Gasteiger partial charge in [0.1, 0.15) is 12.3 Å². The standard InChI is InChI=1S/C21H22ClN5O4/c1-3-31-20(29)12-18(14-8-10-15(30-2)11-9-14)23-19(28)13-27-25-21(24-26-27)16-6-4-5-7-17(16)22/h4-11,18H,3,12-13H2,1-2H3,(H,23,28)/t18-/m1/s1. The van der Waals surface area contributed by atoms with Gasteiger partial charge in [0.05, 0.1) is 31.2 Å². The molecular formula is C21H22ClN5O4. The molecule has 1 atom stereocenters. The van der Waals surface area contributed by atoms with Crippen LogP contribution in [0.1, 0.15) is 24.9 Å². The Morgan fingerprint density at radius 1 is 1.16 bits per heavy atom. The quantitative estimate of drug-likeness (QED) is 0.506. The van der Waals surface area contributed by atoms with E-state index in [1.54, 1.807) is 56.5 Å². The summed E-state index contributed by atoms with van der Waals surface area (Å²) in [6, 6.07) is 13.6. The number of carbonyl (C=O) groups is 2. The maximum Gasteiger partial charge on any atom is 0.308 e. The number of tetrazole rings is 1. The molecule has 0 fully saturated rings. The molecule has 0 saturated carbocycles. The third-order valence-electron chi connectivity index (χ3n) is 4.38. The van der Waals surface area contributed by atoms with E-state index < -0.39 is 12.0 Å². The average molecular weight is 444 g/mol. The number of carbonyl (C=O) groups excluding carboxylic acids is 2. The molecule has 0 aliphatic heterocycles. The van der Waals surface area contributed by atoms with E-state index in [9.17, 15) is 9.59 Å². The van der Waals surface area contributed by atoms with Gasteiger partial charge >= 0.3 is 5.97 Å². The van der Waals surface area contributed by atoms with E-state index in [0.29, 0.717) is 22.2 Å². The summed E-state index contributed by atoms with van der Waals surface area (Å²) >= 11 is 6.16. The van der Waals surface area contributed by atoms with Gasteiger partial charge in [0, 0.05) is 5.56 Å². The van der Waals surface area contributed by atoms with E-state index in [-0.39, 0.29) is 25.5 Å². The summed E-state index contributed by atoms with van der Waals surface area (Å²) in [7, 11) is 1.56. The van der Waals surface area contributed by atoms with Crippen LogP contribution < -0.4 is 10.1 Å². The first-order valence-electron chi connectivity index (χ1n) is 9.61. The lowest BCUT2D eigenvalue weighted by atomic mass is 10.0. The predicted molar refractivity (Wildman–Crippen MR) is 113 cm³/mol. The van der Waals surface area contributed by atoms with Crippen molar-refractivity contribution in [1.82, 2.24) is 25.5 Å². The molecule has 0 unspecified atom stereocenters. The molecule has 0 radical (unpaired) electrons. The minimum atomic E-state index is -0.580. The van der Waals surface area contributed by atoms with Crippen LogP contribution in [0.25, 0.3) is 11.4 Å². The van der Waals surface area contributed by atoms with Crippen molar-refractivity contribution in [1.29, 1.82) is 0 Å². The van der Waals surface area contributed by atoms with E-state index in [4.69, 9.17) is 21.1 Å². The molecule has 3 aromatic rings. The predicted octanol–water partition coefficient (Wildman–Crippen LogP) is 2.81. The number of methoxy groups -OCH3 is 1. The molecule has 31 heavy (non-hydrogen) atoms. The molecule has 0 spiro atoms. The topological polar surface area (TPSA) is 108 Å². The lowest BCUT2D eigenvalue weighted by Gasteiger charge is -2.18. The first-order valence-corrected chi connectivity index (χ1v) is 9.99. The van der Waals surface area contributed by atoms with Gasteiger partial charge in [-0.3, -0.25) is 9.59 Å². The summed E-state index contributed by atoms with van der Waals surface area (Å²) < 4.78 is 10.2. The Hall–Kier alpha value is -3.46. The fraction of sp³-hybridized carbons (Fsp3) is 0.286. The molecule has 2 aromatic carbocycles. The Kier molecular flexibility index (Phi) is 7.55. The lowest BCUT2D eigenvalue weighted by Crippen LogP contribution is -2.33. The van der Waals surface area contributed by atoms with Crippen molar-refractivity contribution in [3.8, 4) is 17.1 Å². The molecule has 0 aliphatic carbocycles. The number of halogens is 1. The van der Waals surface area contributed by atoms with E-state index in [0.717, 1.165) is 5.56 Å². The molecule has 1 aromatic heterocycles. The molecule has 3 rings (SSSR count). The number of hydrogen-bond acceptors (Lipinski definition) is 7. The smallest absolute Gasteiger partial charge is 0.308 e. The highest BCUT2D eigenvalue weighted by molar-refractivity contribution is 6.33. The van der Waals surface area contributed by atoms with Gasteiger partial charge in [0.2, 0.25) is 11.7 Å². The van der Waals surface area contributed by atoms with Crippen LogP contribution in [0.15, 0.2) is 48.5 Å². The van der Waals surface area contributed by atoms with Gasteiger partial charge in [-0.05, 0) is 42.0 Å². The Labute approximate surface area is 184 Å². The molecule has 1 amide bonds. The number of rotatable bonds is 9. The molecular weight excluding hydrogens is 422 g/mol. The maximum absolute atomic E-state index is 12.6. The highest BCUT2D eigenvalue weighted by Gasteiger charge is 2.20. The summed E-state index contributed by atoms with van der Waals surface area (Å²) in [5.74, 6) is 0.192. The fourth-order valence-corrected chi connectivity index (χ4v) is 3.12. The summed E-state index contributed by atoms with van der Waals surface area (Å²) in [6.07, 6.45) is -0.0123. The van der Waals surface area contributed by atoms with Gasteiger partial charge < -0.3 is 14.8 Å². The highest BCUT2D eigenvalue weighted by atomic mass is 35.5. The molecule has 1 N–H and O–H groups in total.